The van der Waals surface area contributed by atoms with Gasteiger partial charge in [-0.3, -0.25) is 9.84 Å². The molecule has 2 aliphatic rings. The summed E-state index contributed by atoms with van der Waals surface area (Å²) in [5.74, 6) is 0.488. The third-order valence-corrected chi connectivity index (χ3v) is 6.39. The Morgan fingerprint density at radius 1 is 1.31 bits per heavy atom. The molecule has 3 heterocycles. The molecule has 2 saturated carbocycles. The first-order valence-corrected chi connectivity index (χ1v) is 11.5. The molecule has 14 heteroatoms. The van der Waals surface area contributed by atoms with Crippen molar-refractivity contribution in [2.75, 3.05) is 5.32 Å². The molecule has 0 radical (unpaired) electrons. The number of halogens is 4. The van der Waals surface area contributed by atoms with Crippen LogP contribution in [0.1, 0.15) is 55.6 Å². The molecule has 2 fully saturated rings. The topological polar surface area (TPSA) is 118 Å². The van der Waals surface area contributed by atoms with Gasteiger partial charge in [-0.1, -0.05) is 0 Å². The molecule has 3 aromatic rings. The summed E-state index contributed by atoms with van der Waals surface area (Å²) in [4.78, 5) is 16.5. The van der Waals surface area contributed by atoms with Gasteiger partial charge in [-0.05, 0) is 45.6 Å². The van der Waals surface area contributed by atoms with Crippen LogP contribution in [-0.2, 0) is 16.1 Å². The lowest BCUT2D eigenvalue weighted by molar-refractivity contribution is -0.330. The van der Waals surface area contributed by atoms with Gasteiger partial charge in [0.25, 0.3) is 0 Å². The number of hydrogen-bond acceptors (Lipinski definition) is 7. The van der Waals surface area contributed by atoms with Gasteiger partial charge in [-0.2, -0.15) is 10.2 Å². The average Bonchev–Trinajstić information content (AvgIpc) is 3.13. The number of rotatable bonds is 7. The van der Waals surface area contributed by atoms with Crippen molar-refractivity contribution < 1.29 is 31.8 Å². The summed E-state index contributed by atoms with van der Waals surface area (Å²) in [5, 5.41) is 17.0. The molecule has 10 nitrogen and oxygen atoms in total. The normalized spacial score (nSPS) is 23.1. The number of carbonyl (C=O) groups excluding carboxylic acids is 1. The Morgan fingerprint density at radius 3 is 2.81 bits per heavy atom. The van der Waals surface area contributed by atoms with Crippen molar-refractivity contribution in [3.8, 4) is 0 Å². The second kappa shape index (κ2) is 8.91. The highest BCUT2D eigenvalue weighted by Crippen LogP contribution is 2.39. The van der Waals surface area contributed by atoms with E-state index in [2.05, 4.69) is 35.7 Å². The zero-order valence-corrected chi connectivity index (χ0v) is 19.5. The summed E-state index contributed by atoms with van der Waals surface area (Å²) in [7, 11) is 0. The van der Waals surface area contributed by atoms with Gasteiger partial charge in [0.15, 0.2) is 11.6 Å². The van der Waals surface area contributed by atoms with Gasteiger partial charge in [0.05, 0.1) is 17.6 Å². The highest BCUT2D eigenvalue weighted by Gasteiger charge is 2.42. The second-order valence-corrected chi connectivity index (χ2v) is 9.58. The molecule has 0 saturated heterocycles. The van der Waals surface area contributed by atoms with Crippen molar-refractivity contribution in [3.63, 3.8) is 0 Å². The Balaban J connectivity index is 1.25. The fraction of sp³-hybridized carbons (Fsp3) is 0.545. The monoisotopic (exact) mass is 511 g/mol. The van der Waals surface area contributed by atoms with Crippen molar-refractivity contribution in [2.45, 2.75) is 76.2 Å². The van der Waals surface area contributed by atoms with E-state index in [9.17, 15) is 22.4 Å². The largest absolute Gasteiger partial charge is 0.522 e. The predicted octanol–water partition coefficient (Wildman–Crippen LogP) is 4.40. The smallest absolute Gasteiger partial charge is 0.443 e. The number of aromatic nitrogens is 5. The molecule has 36 heavy (non-hydrogen) atoms. The summed E-state index contributed by atoms with van der Waals surface area (Å²) >= 11 is 0. The number of alkyl carbamates (subject to hydrolysis) is 1. The first-order valence-electron chi connectivity index (χ1n) is 11.5. The number of aryl methyl sites for hydroxylation is 1. The van der Waals surface area contributed by atoms with Crippen molar-refractivity contribution in [1.82, 2.24) is 30.1 Å². The van der Waals surface area contributed by atoms with Crippen molar-refractivity contribution in [1.29, 1.82) is 0 Å². The zero-order chi connectivity index (χ0) is 25.7. The molecule has 0 unspecified atom stereocenters. The van der Waals surface area contributed by atoms with Gasteiger partial charge in [0.2, 0.25) is 0 Å². The van der Waals surface area contributed by atoms with E-state index >= 15 is 0 Å². The first kappa shape index (κ1) is 24.3. The van der Waals surface area contributed by atoms with Gasteiger partial charge < -0.3 is 15.4 Å². The van der Waals surface area contributed by atoms with Crippen molar-refractivity contribution in [3.05, 3.63) is 35.4 Å². The van der Waals surface area contributed by atoms with E-state index < -0.39 is 31.3 Å². The second-order valence-electron chi connectivity index (χ2n) is 9.58. The lowest BCUT2D eigenvalue weighted by Crippen LogP contribution is -2.38. The van der Waals surface area contributed by atoms with E-state index in [1.54, 1.807) is 19.2 Å². The molecular formula is C22H25F4N7O3. The van der Waals surface area contributed by atoms with Crippen LogP contribution in [0.15, 0.2) is 18.3 Å². The van der Waals surface area contributed by atoms with Gasteiger partial charge in [0.1, 0.15) is 24.4 Å². The molecule has 3 N–H and O–H groups in total. The van der Waals surface area contributed by atoms with Gasteiger partial charge >= 0.3 is 12.5 Å². The third kappa shape index (κ3) is 5.53. The number of nitrogens with zero attached hydrogens (tertiary/aromatic N) is 4. The van der Waals surface area contributed by atoms with Crippen LogP contribution in [0.25, 0.3) is 5.52 Å². The Kier molecular flexibility index (Phi) is 6.01. The number of amides is 1. The SMILES string of the molecule is Cc1cn2nc(COC(F)(F)F)cc2c(Nc2cc([C@H]3C[C@@H](F)[C@@H](OC(=O)NC4(C)CC4)C3)[nH]n2)n1. The minimum Gasteiger partial charge on any atom is -0.443 e. The predicted molar refractivity (Wildman–Crippen MR) is 118 cm³/mol. The standard InChI is InChI=1S/C22H25F4N7O3/c1-11-9-33-16(7-13(32-33)10-35-22(24,25)26)19(27-11)28-18-8-15(30-31-18)12-5-14(23)17(6-12)36-20(34)29-21(2)3-4-21/h7-9,12,14,17H,3-6,10H2,1-2H3,(H,29,34)(H2,27,28,30,31)/t12-,14+,17-/m0/s1. The Hall–Kier alpha value is -3.42. The van der Waals surface area contributed by atoms with Crippen LogP contribution in [0, 0.1) is 6.92 Å². The minimum absolute atomic E-state index is 0.0798. The van der Waals surface area contributed by atoms with E-state index in [1.165, 1.54) is 10.6 Å². The molecule has 194 valence electrons. The van der Waals surface area contributed by atoms with Crippen LogP contribution in [0.4, 0.5) is 34.0 Å². The quantitative estimate of drug-likeness (QED) is 0.402. The average molecular weight is 511 g/mol. The summed E-state index contributed by atoms with van der Waals surface area (Å²) in [6, 6.07) is 3.14. The van der Waals surface area contributed by atoms with E-state index in [-0.39, 0.29) is 23.6 Å². The van der Waals surface area contributed by atoms with E-state index in [0.717, 1.165) is 12.8 Å². The molecule has 3 aromatic heterocycles. The summed E-state index contributed by atoms with van der Waals surface area (Å²) in [5.41, 5.74) is 1.50. The molecule has 5 rings (SSSR count). The lowest BCUT2D eigenvalue weighted by atomic mass is 10.0. The minimum atomic E-state index is -4.77. The lowest BCUT2D eigenvalue weighted by Gasteiger charge is -2.17. The van der Waals surface area contributed by atoms with E-state index in [0.29, 0.717) is 35.0 Å². The molecule has 0 bridgehead atoms. The maximum Gasteiger partial charge on any atom is 0.522 e. The number of ether oxygens (including phenoxy) is 2. The summed E-state index contributed by atoms with van der Waals surface area (Å²) in [6.07, 6.45) is -3.70. The Labute approximate surface area is 202 Å². The molecule has 0 aromatic carbocycles. The fourth-order valence-corrected chi connectivity index (χ4v) is 4.26. The van der Waals surface area contributed by atoms with Gasteiger partial charge in [-0.15, -0.1) is 13.2 Å². The van der Waals surface area contributed by atoms with E-state index in [1.807, 2.05) is 6.92 Å². The van der Waals surface area contributed by atoms with Crippen LogP contribution in [-0.4, -0.2) is 55.1 Å². The maximum atomic E-state index is 14.6. The number of anilines is 2. The Morgan fingerprint density at radius 2 is 2.08 bits per heavy atom. The van der Waals surface area contributed by atoms with Crippen LogP contribution in [0.3, 0.4) is 0 Å². The molecule has 2 aliphatic carbocycles. The fourth-order valence-electron chi connectivity index (χ4n) is 4.26. The van der Waals surface area contributed by atoms with Crippen LogP contribution in [0.5, 0.6) is 0 Å². The number of nitrogens with one attached hydrogen (secondary N) is 3. The number of H-pyrrole nitrogens is 1. The Bertz CT molecular complexity index is 1270. The highest BCUT2D eigenvalue weighted by molar-refractivity contribution is 5.72. The van der Waals surface area contributed by atoms with Crippen LogP contribution >= 0.6 is 0 Å². The van der Waals surface area contributed by atoms with Crippen LogP contribution in [0.2, 0.25) is 0 Å². The maximum absolute atomic E-state index is 14.6. The number of hydrogen-bond donors (Lipinski definition) is 3. The summed E-state index contributed by atoms with van der Waals surface area (Å²) in [6.45, 7) is 2.90. The third-order valence-electron chi connectivity index (χ3n) is 6.39. The summed E-state index contributed by atoms with van der Waals surface area (Å²) < 4.78 is 62.4. The van der Waals surface area contributed by atoms with E-state index in [4.69, 9.17) is 4.74 Å². The van der Waals surface area contributed by atoms with Crippen molar-refractivity contribution in [2.24, 2.45) is 0 Å². The highest BCUT2D eigenvalue weighted by atomic mass is 19.4. The first-order chi connectivity index (χ1) is 17.0. The van der Waals surface area contributed by atoms with Gasteiger partial charge in [0, 0.05) is 23.2 Å². The number of alkyl halides is 4. The molecule has 0 aliphatic heterocycles. The number of carbonyl (C=O) groups is 1. The number of aromatic amines is 1. The molecular weight excluding hydrogens is 486 g/mol. The molecule has 1 amide bonds. The van der Waals surface area contributed by atoms with Crippen LogP contribution < -0.4 is 10.6 Å². The molecule has 0 spiro atoms. The van der Waals surface area contributed by atoms with Gasteiger partial charge in [-0.25, -0.2) is 18.7 Å². The van der Waals surface area contributed by atoms with Crippen molar-refractivity contribution >= 4 is 23.2 Å². The zero-order valence-electron chi connectivity index (χ0n) is 19.5. The molecule has 3 atom stereocenters. The number of fused-ring (bicyclic) bond motifs is 1.